The number of piperidine rings is 1. The standard InChI is InChI=1S/C29H36N6OS/c1-14(2)24-25-15(3)27(21-10-18-9-17(21)11-34(18)13-23(36)30-5)37-29(25)32-26(24)22-12-35-28(31-16(4)33-35)20-8-6-7-19(20)22/h12,14,17-18,21,32H,6-11,13H2,1-5H3,(H,30,36)/t17-,18-,21+/m0/s1. The summed E-state index contributed by atoms with van der Waals surface area (Å²) in [6.07, 6.45) is 7.99. The Morgan fingerprint density at radius 2 is 2.05 bits per heavy atom. The van der Waals surface area contributed by atoms with Crippen LogP contribution in [-0.2, 0) is 17.6 Å². The fourth-order valence-corrected chi connectivity index (χ4v) is 9.08. The predicted molar refractivity (Wildman–Crippen MR) is 149 cm³/mol. The van der Waals surface area contributed by atoms with Crippen LogP contribution >= 0.6 is 11.3 Å². The van der Waals surface area contributed by atoms with E-state index >= 15 is 0 Å². The molecule has 1 aliphatic heterocycles. The quantitative estimate of drug-likeness (QED) is 0.387. The highest BCUT2D eigenvalue weighted by Gasteiger charge is 2.46. The number of aromatic amines is 1. The van der Waals surface area contributed by atoms with E-state index in [-0.39, 0.29) is 5.91 Å². The molecule has 7 rings (SSSR count). The second-order valence-electron chi connectivity index (χ2n) is 11.7. The molecule has 0 spiro atoms. The molecule has 2 aliphatic carbocycles. The Morgan fingerprint density at radius 1 is 1.24 bits per heavy atom. The summed E-state index contributed by atoms with van der Waals surface area (Å²) in [5, 5.41) is 8.92. The minimum Gasteiger partial charge on any atom is -0.358 e. The minimum absolute atomic E-state index is 0.129. The summed E-state index contributed by atoms with van der Waals surface area (Å²) in [5.41, 5.74) is 9.38. The Bertz CT molecular complexity index is 1560. The van der Waals surface area contributed by atoms with Crippen LogP contribution in [0, 0.1) is 19.8 Å². The van der Waals surface area contributed by atoms with Gasteiger partial charge in [-0.3, -0.25) is 9.69 Å². The number of carbonyl (C=O) groups is 1. The third-order valence-corrected chi connectivity index (χ3v) is 10.6. The van der Waals surface area contributed by atoms with Gasteiger partial charge >= 0.3 is 0 Å². The smallest absolute Gasteiger partial charge is 0.233 e. The number of fused-ring (bicyclic) bond motifs is 6. The lowest BCUT2D eigenvalue weighted by Gasteiger charge is -2.30. The summed E-state index contributed by atoms with van der Waals surface area (Å²) in [6.45, 7) is 10.6. The van der Waals surface area contributed by atoms with Crippen LogP contribution in [0.5, 0.6) is 0 Å². The second kappa shape index (κ2) is 8.40. The van der Waals surface area contributed by atoms with Crippen molar-refractivity contribution in [3.63, 3.8) is 0 Å². The average Bonchev–Trinajstić information content (AvgIpc) is 3.68. The van der Waals surface area contributed by atoms with Gasteiger partial charge in [0.2, 0.25) is 5.91 Å². The number of hydrogen-bond acceptors (Lipinski definition) is 5. The van der Waals surface area contributed by atoms with Crippen molar-refractivity contribution < 1.29 is 4.79 Å². The van der Waals surface area contributed by atoms with Gasteiger partial charge < -0.3 is 10.3 Å². The maximum absolute atomic E-state index is 12.0. The molecule has 0 radical (unpaired) electrons. The number of aryl methyl sites for hydroxylation is 3. The molecule has 4 aromatic rings. The van der Waals surface area contributed by atoms with Crippen LogP contribution in [-0.4, -0.2) is 56.6 Å². The summed E-state index contributed by atoms with van der Waals surface area (Å²) in [4.78, 5) is 25.9. The number of likely N-dealkylation sites (N-methyl/N-ethyl adjacent to an activating group) is 1. The number of likely N-dealkylation sites (tertiary alicyclic amines) is 1. The number of thiophene rings is 1. The molecule has 2 N–H and O–H groups in total. The predicted octanol–water partition coefficient (Wildman–Crippen LogP) is 5.09. The number of nitrogens with one attached hydrogen (secondary N) is 2. The summed E-state index contributed by atoms with van der Waals surface area (Å²) >= 11 is 1.98. The van der Waals surface area contributed by atoms with Crippen molar-refractivity contribution in [3.8, 4) is 11.3 Å². The number of pyridine rings is 1. The van der Waals surface area contributed by atoms with E-state index in [1.165, 1.54) is 63.0 Å². The normalized spacial score (nSPS) is 23.2. The Morgan fingerprint density at radius 3 is 2.78 bits per heavy atom. The van der Waals surface area contributed by atoms with Gasteiger partial charge in [-0.25, -0.2) is 9.50 Å². The fraction of sp³-hybridized carbons (Fsp3) is 0.552. The van der Waals surface area contributed by atoms with Crippen molar-refractivity contribution in [2.45, 2.75) is 77.7 Å². The molecule has 1 amide bonds. The third kappa shape index (κ3) is 3.44. The van der Waals surface area contributed by atoms with E-state index in [9.17, 15) is 4.79 Å². The van der Waals surface area contributed by atoms with Crippen molar-refractivity contribution >= 4 is 33.1 Å². The number of amides is 1. The number of rotatable bonds is 5. The average molecular weight is 517 g/mol. The Hall–Kier alpha value is -2.71. The van der Waals surface area contributed by atoms with E-state index in [0.29, 0.717) is 30.3 Å². The van der Waals surface area contributed by atoms with Crippen LogP contribution in [0.25, 0.3) is 27.1 Å². The van der Waals surface area contributed by atoms with Gasteiger partial charge in [0.25, 0.3) is 0 Å². The molecule has 2 bridgehead atoms. The van der Waals surface area contributed by atoms with Crippen molar-refractivity contribution in [3.05, 3.63) is 39.2 Å². The Balaban J connectivity index is 1.30. The molecule has 3 aliphatic rings. The molecule has 2 fully saturated rings. The van der Waals surface area contributed by atoms with E-state index in [1.54, 1.807) is 11.9 Å². The lowest BCUT2D eigenvalue weighted by atomic mass is 9.88. The summed E-state index contributed by atoms with van der Waals surface area (Å²) < 4.78 is 2.01. The Kier molecular flexibility index (Phi) is 5.31. The van der Waals surface area contributed by atoms with Crippen molar-refractivity contribution in [1.82, 2.24) is 29.8 Å². The maximum Gasteiger partial charge on any atom is 0.233 e. The van der Waals surface area contributed by atoms with Crippen LogP contribution < -0.4 is 5.32 Å². The molecule has 3 atom stereocenters. The molecule has 0 aromatic carbocycles. The highest BCUT2D eigenvalue weighted by Crippen LogP contribution is 2.53. The topological polar surface area (TPSA) is 78.3 Å². The van der Waals surface area contributed by atoms with Gasteiger partial charge in [0.1, 0.15) is 10.7 Å². The summed E-state index contributed by atoms with van der Waals surface area (Å²) in [5.74, 6) is 2.64. The third-order valence-electron chi connectivity index (χ3n) is 9.23. The summed E-state index contributed by atoms with van der Waals surface area (Å²) in [7, 11) is 1.73. The van der Waals surface area contributed by atoms with E-state index in [1.807, 2.05) is 22.8 Å². The first-order valence-corrected chi connectivity index (χ1v) is 14.6. The zero-order valence-corrected chi connectivity index (χ0v) is 23.3. The monoisotopic (exact) mass is 516 g/mol. The molecule has 37 heavy (non-hydrogen) atoms. The van der Waals surface area contributed by atoms with E-state index in [2.05, 4.69) is 42.2 Å². The van der Waals surface area contributed by atoms with Gasteiger partial charge in [-0.15, -0.1) is 11.3 Å². The van der Waals surface area contributed by atoms with E-state index in [0.717, 1.165) is 30.9 Å². The summed E-state index contributed by atoms with van der Waals surface area (Å²) in [6, 6.07) is 0.535. The van der Waals surface area contributed by atoms with Gasteiger partial charge in [-0.2, -0.15) is 5.10 Å². The van der Waals surface area contributed by atoms with Crippen LogP contribution in [0.15, 0.2) is 6.20 Å². The molecule has 7 nitrogen and oxygen atoms in total. The molecule has 1 saturated heterocycles. The van der Waals surface area contributed by atoms with Crippen molar-refractivity contribution in [2.75, 3.05) is 20.1 Å². The first-order valence-electron chi connectivity index (χ1n) is 13.8. The SMILES string of the molecule is CNC(=O)CN1C[C@@H]2C[C@H]1C[C@H]2c1sc2[nH]c(-c3cn4nc(C)nc4c4c3CCC4)c(C(C)C)c2c1C. The van der Waals surface area contributed by atoms with Gasteiger partial charge in [0, 0.05) is 47.2 Å². The molecule has 4 aromatic heterocycles. The van der Waals surface area contributed by atoms with Crippen LogP contribution in [0.1, 0.15) is 77.9 Å². The fourth-order valence-electron chi connectivity index (χ4n) is 7.65. The van der Waals surface area contributed by atoms with Gasteiger partial charge in [-0.05, 0) is 80.4 Å². The van der Waals surface area contributed by atoms with Crippen molar-refractivity contribution in [2.24, 2.45) is 5.92 Å². The highest BCUT2D eigenvalue weighted by atomic mass is 32.1. The zero-order chi connectivity index (χ0) is 25.6. The van der Waals surface area contributed by atoms with Crippen LogP contribution in [0.2, 0.25) is 0 Å². The minimum atomic E-state index is 0.129. The highest BCUT2D eigenvalue weighted by molar-refractivity contribution is 7.19. The largest absolute Gasteiger partial charge is 0.358 e. The lowest BCUT2D eigenvalue weighted by Crippen LogP contribution is -2.41. The first kappa shape index (κ1) is 23.4. The molecule has 194 valence electrons. The number of hydrogen-bond donors (Lipinski definition) is 2. The number of H-pyrrole nitrogens is 1. The maximum atomic E-state index is 12.0. The first-order chi connectivity index (χ1) is 17.8. The Labute approximate surface area is 221 Å². The van der Waals surface area contributed by atoms with E-state index in [4.69, 9.17) is 10.1 Å². The second-order valence-corrected chi connectivity index (χ2v) is 12.8. The zero-order valence-electron chi connectivity index (χ0n) is 22.4. The van der Waals surface area contributed by atoms with Crippen LogP contribution in [0.4, 0.5) is 0 Å². The molecule has 5 heterocycles. The van der Waals surface area contributed by atoms with Crippen molar-refractivity contribution in [1.29, 1.82) is 0 Å². The molecule has 1 saturated carbocycles. The number of nitrogens with zero attached hydrogens (tertiary/aromatic N) is 4. The number of aromatic nitrogens is 4. The van der Waals surface area contributed by atoms with Gasteiger partial charge in [0.15, 0.2) is 5.65 Å². The number of carbonyl (C=O) groups excluding carboxylic acids is 1. The molecular weight excluding hydrogens is 480 g/mol. The van der Waals surface area contributed by atoms with Gasteiger partial charge in [0.05, 0.1) is 12.2 Å². The van der Waals surface area contributed by atoms with Gasteiger partial charge in [-0.1, -0.05) is 13.8 Å². The molecule has 0 unspecified atom stereocenters. The van der Waals surface area contributed by atoms with Crippen LogP contribution in [0.3, 0.4) is 0 Å². The lowest BCUT2D eigenvalue weighted by molar-refractivity contribution is -0.122. The molecule has 8 heteroatoms. The van der Waals surface area contributed by atoms with E-state index < -0.39 is 0 Å². The molecular formula is C29H36N6OS.